The van der Waals surface area contributed by atoms with Crippen molar-refractivity contribution in [3.8, 4) is 0 Å². The third-order valence-electron chi connectivity index (χ3n) is 2.42. The van der Waals surface area contributed by atoms with Gasteiger partial charge in [-0.1, -0.05) is 56.3 Å². The lowest BCUT2D eigenvalue weighted by molar-refractivity contribution is 0.964. The SMILES string of the molecule is C[C](C)Cc1cccc2ccccc12. The van der Waals surface area contributed by atoms with Crippen molar-refractivity contribution in [3.63, 3.8) is 0 Å². The molecule has 1 radical (unpaired) electrons. The van der Waals surface area contributed by atoms with Gasteiger partial charge in [-0.05, 0) is 28.7 Å². The molecule has 0 N–H and O–H groups in total. The van der Waals surface area contributed by atoms with E-state index in [1.807, 2.05) is 0 Å². The second-order valence-corrected chi connectivity index (χ2v) is 4.02. The van der Waals surface area contributed by atoms with E-state index in [0.29, 0.717) is 0 Å². The molecule has 0 fully saturated rings. The normalized spacial score (nSPS) is 11.1. The Morgan fingerprint density at radius 3 is 2.43 bits per heavy atom. The van der Waals surface area contributed by atoms with Gasteiger partial charge in [-0.25, -0.2) is 0 Å². The zero-order valence-corrected chi connectivity index (χ0v) is 8.75. The Kier molecular flexibility index (Phi) is 2.53. The molecule has 0 amide bonds. The maximum Gasteiger partial charge on any atom is -0.0152 e. The molecule has 0 nitrogen and oxygen atoms in total. The lowest BCUT2D eigenvalue weighted by atomic mass is 9.97. The summed E-state index contributed by atoms with van der Waals surface area (Å²) in [7, 11) is 0. The summed E-state index contributed by atoms with van der Waals surface area (Å²) >= 11 is 0. The molecule has 0 heterocycles. The van der Waals surface area contributed by atoms with Crippen LogP contribution in [-0.2, 0) is 6.42 Å². The molecule has 71 valence electrons. The number of hydrogen-bond donors (Lipinski definition) is 0. The van der Waals surface area contributed by atoms with Crippen LogP contribution in [0.4, 0.5) is 0 Å². The van der Waals surface area contributed by atoms with Crippen molar-refractivity contribution in [2.45, 2.75) is 20.3 Å². The van der Waals surface area contributed by atoms with E-state index < -0.39 is 0 Å². The van der Waals surface area contributed by atoms with E-state index in [0.717, 1.165) is 6.42 Å². The minimum Gasteiger partial charge on any atom is -0.0616 e. The summed E-state index contributed by atoms with van der Waals surface area (Å²) in [5.74, 6) is 1.46. The van der Waals surface area contributed by atoms with Crippen molar-refractivity contribution in [1.29, 1.82) is 0 Å². The van der Waals surface area contributed by atoms with E-state index in [-0.39, 0.29) is 0 Å². The fourth-order valence-corrected chi connectivity index (χ4v) is 1.83. The van der Waals surface area contributed by atoms with Gasteiger partial charge in [-0.2, -0.15) is 0 Å². The highest BCUT2D eigenvalue weighted by Crippen LogP contribution is 2.21. The lowest BCUT2D eigenvalue weighted by Crippen LogP contribution is -1.92. The van der Waals surface area contributed by atoms with Gasteiger partial charge in [0.05, 0.1) is 0 Å². The fraction of sp³-hybridized carbons (Fsp3) is 0.214. The van der Waals surface area contributed by atoms with Crippen LogP contribution in [0.2, 0.25) is 0 Å². The molecular weight excluding hydrogens is 168 g/mol. The van der Waals surface area contributed by atoms with Gasteiger partial charge in [-0.15, -0.1) is 0 Å². The molecule has 0 atom stereocenters. The van der Waals surface area contributed by atoms with Gasteiger partial charge in [-0.3, -0.25) is 0 Å². The van der Waals surface area contributed by atoms with Gasteiger partial charge in [0.1, 0.15) is 0 Å². The number of fused-ring (bicyclic) bond motifs is 1. The number of benzene rings is 2. The molecule has 0 aliphatic rings. The summed E-state index contributed by atoms with van der Waals surface area (Å²) in [6, 6.07) is 15.1. The fourth-order valence-electron chi connectivity index (χ4n) is 1.83. The predicted octanol–water partition coefficient (Wildman–Crippen LogP) is 4.00. The first-order valence-electron chi connectivity index (χ1n) is 5.03. The van der Waals surface area contributed by atoms with E-state index >= 15 is 0 Å². The van der Waals surface area contributed by atoms with Crippen LogP contribution < -0.4 is 0 Å². The van der Waals surface area contributed by atoms with Crippen molar-refractivity contribution in [3.05, 3.63) is 53.9 Å². The van der Waals surface area contributed by atoms with Gasteiger partial charge in [0, 0.05) is 0 Å². The highest BCUT2D eigenvalue weighted by atomic mass is 14.1. The van der Waals surface area contributed by atoms with Crippen LogP contribution in [0.25, 0.3) is 10.8 Å². The maximum atomic E-state index is 2.22. The first-order valence-corrected chi connectivity index (χ1v) is 5.03. The average molecular weight is 183 g/mol. The molecule has 0 heteroatoms. The monoisotopic (exact) mass is 183 g/mol. The molecule has 0 unspecified atom stereocenters. The van der Waals surface area contributed by atoms with Crippen LogP contribution in [0, 0.1) is 5.92 Å². The average Bonchev–Trinajstić information content (AvgIpc) is 2.18. The lowest BCUT2D eigenvalue weighted by Gasteiger charge is -2.08. The molecule has 0 aliphatic carbocycles. The molecule has 0 aromatic heterocycles. The van der Waals surface area contributed by atoms with Gasteiger partial charge in [0.2, 0.25) is 0 Å². The van der Waals surface area contributed by atoms with E-state index in [1.54, 1.807) is 0 Å². The largest absolute Gasteiger partial charge is 0.0616 e. The van der Waals surface area contributed by atoms with Crippen molar-refractivity contribution in [1.82, 2.24) is 0 Å². The van der Waals surface area contributed by atoms with Crippen molar-refractivity contribution >= 4 is 10.8 Å². The summed E-state index contributed by atoms with van der Waals surface area (Å²) in [6.07, 6.45) is 1.08. The smallest absolute Gasteiger partial charge is 0.0152 e. The maximum absolute atomic E-state index is 2.22. The summed E-state index contributed by atoms with van der Waals surface area (Å²) in [5.41, 5.74) is 1.43. The molecule has 0 bridgehead atoms. The van der Waals surface area contributed by atoms with E-state index in [9.17, 15) is 0 Å². The molecule has 14 heavy (non-hydrogen) atoms. The predicted molar refractivity (Wildman–Crippen MR) is 62.2 cm³/mol. The second kappa shape index (κ2) is 3.83. The quantitative estimate of drug-likeness (QED) is 0.660. The zero-order valence-electron chi connectivity index (χ0n) is 8.75. The Hall–Kier alpha value is -1.30. The first-order chi connectivity index (χ1) is 6.77. The first kappa shape index (κ1) is 9.26. The minimum absolute atomic E-state index is 1.08. The number of rotatable bonds is 2. The van der Waals surface area contributed by atoms with Crippen molar-refractivity contribution < 1.29 is 0 Å². The Labute approximate surface area is 85.6 Å². The Morgan fingerprint density at radius 2 is 1.64 bits per heavy atom. The third kappa shape index (κ3) is 1.79. The molecule has 0 aliphatic heterocycles. The van der Waals surface area contributed by atoms with Crippen molar-refractivity contribution in [2.75, 3.05) is 0 Å². The van der Waals surface area contributed by atoms with E-state index in [1.165, 1.54) is 22.3 Å². The molecule has 0 saturated heterocycles. The van der Waals surface area contributed by atoms with Crippen LogP contribution in [0.3, 0.4) is 0 Å². The zero-order chi connectivity index (χ0) is 9.97. The van der Waals surface area contributed by atoms with Gasteiger partial charge >= 0.3 is 0 Å². The van der Waals surface area contributed by atoms with Gasteiger partial charge in [0.15, 0.2) is 0 Å². The van der Waals surface area contributed by atoms with Crippen LogP contribution in [0.5, 0.6) is 0 Å². The summed E-state index contributed by atoms with van der Waals surface area (Å²) in [6.45, 7) is 4.36. The topological polar surface area (TPSA) is 0 Å². The Bertz CT molecular complexity index is 421. The molecule has 2 aromatic carbocycles. The number of hydrogen-bond acceptors (Lipinski definition) is 0. The Morgan fingerprint density at radius 1 is 0.929 bits per heavy atom. The van der Waals surface area contributed by atoms with E-state index in [4.69, 9.17) is 0 Å². The van der Waals surface area contributed by atoms with Gasteiger partial charge in [0.25, 0.3) is 0 Å². The molecule has 0 spiro atoms. The summed E-state index contributed by atoms with van der Waals surface area (Å²) < 4.78 is 0. The minimum atomic E-state index is 1.08. The van der Waals surface area contributed by atoms with Crippen LogP contribution in [-0.4, -0.2) is 0 Å². The third-order valence-corrected chi connectivity index (χ3v) is 2.42. The Balaban J connectivity index is 2.53. The van der Waals surface area contributed by atoms with Crippen LogP contribution in [0.1, 0.15) is 19.4 Å². The molecule has 2 aromatic rings. The van der Waals surface area contributed by atoms with Gasteiger partial charge < -0.3 is 0 Å². The highest BCUT2D eigenvalue weighted by Gasteiger charge is 2.02. The van der Waals surface area contributed by atoms with Crippen LogP contribution >= 0.6 is 0 Å². The standard InChI is InChI=1S/C14H15/c1-11(2)10-13-8-5-7-12-6-3-4-9-14(12)13/h3-9H,10H2,1-2H3. The van der Waals surface area contributed by atoms with Crippen LogP contribution in [0.15, 0.2) is 42.5 Å². The van der Waals surface area contributed by atoms with E-state index in [2.05, 4.69) is 56.3 Å². The molecule has 2 rings (SSSR count). The van der Waals surface area contributed by atoms with Crippen molar-refractivity contribution in [2.24, 2.45) is 0 Å². The molecular formula is C14H15. The highest BCUT2D eigenvalue weighted by molar-refractivity contribution is 5.85. The summed E-state index contributed by atoms with van der Waals surface area (Å²) in [4.78, 5) is 0. The summed E-state index contributed by atoms with van der Waals surface area (Å²) in [5, 5.41) is 2.72. The molecule has 0 saturated carbocycles. The second-order valence-electron chi connectivity index (χ2n) is 4.02.